The molecule has 0 bridgehead atoms. The van der Waals surface area contributed by atoms with Crippen molar-refractivity contribution in [2.75, 3.05) is 20.2 Å². The van der Waals surface area contributed by atoms with Crippen molar-refractivity contribution in [1.29, 1.82) is 0 Å². The number of ether oxygens (including phenoxy) is 1. The molecule has 2 heteroatoms. The molecule has 16 heavy (non-hydrogen) atoms. The van der Waals surface area contributed by atoms with Gasteiger partial charge in [0, 0.05) is 12.1 Å². The van der Waals surface area contributed by atoms with Crippen molar-refractivity contribution in [3.8, 4) is 5.75 Å². The van der Waals surface area contributed by atoms with Gasteiger partial charge in [-0.25, -0.2) is 0 Å². The minimum Gasteiger partial charge on any atom is -0.496 e. The van der Waals surface area contributed by atoms with Crippen LogP contribution in [-0.2, 0) is 13.0 Å². The zero-order valence-electron chi connectivity index (χ0n) is 10.3. The average Bonchev–Trinajstić information content (AvgIpc) is 2.82. The molecule has 1 aromatic rings. The molecule has 1 fully saturated rings. The summed E-state index contributed by atoms with van der Waals surface area (Å²) in [5.41, 5.74) is 2.67. The molecule has 0 unspecified atom stereocenters. The SMILES string of the molecule is CCc1ccc(CN2CCCC2)c(OC)c1. The lowest BCUT2D eigenvalue weighted by atomic mass is 10.1. The maximum atomic E-state index is 5.47. The first-order valence-electron chi connectivity index (χ1n) is 6.21. The van der Waals surface area contributed by atoms with Crippen LogP contribution in [0.1, 0.15) is 30.9 Å². The summed E-state index contributed by atoms with van der Waals surface area (Å²) in [4.78, 5) is 2.50. The summed E-state index contributed by atoms with van der Waals surface area (Å²) in [6.45, 7) is 5.68. The third kappa shape index (κ3) is 2.56. The highest BCUT2D eigenvalue weighted by molar-refractivity contribution is 5.37. The van der Waals surface area contributed by atoms with Gasteiger partial charge < -0.3 is 4.74 Å². The van der Waals surface area contributed by atoms with Crippen LogP contribution in [0.3, 0.4) is 0 Å². The fourth-order valence-electron chi connectivity index (χ4n) is 2.32. The predicted octanol–water partition coefficient (Wildman–Crippen LogP) is 2.85. The fraction of sp³-hybridized carbons (Fsp3) is 0.571. The van der Waals surface area contributed by atoms with Crippen molar-refractivity contribution in [2.24, 2.45) is 0 Å². The second-order valence-electron chi connectivity index (χ2n) is 4.48. The van der Waals surface area contributed by atoms with E-state index in [4.69, 9.17) is 4.74 Å². The molecule has 1 aliphatic rings. The number of methoxy groups -OCH3 is 1. The summed E-state index contributed by atoms with van der Waals surface area (Å²) in [7, 11) is 1.77. The van der Waals surface area contributed by atoms with E-state index in [1.54, 1.807) is 7.11 Å². The van der Waals surface area contributed by atoms with Crippen molar-refractivity contribution >= 4 is 0 Å². The summed E-state index contributed by atoms with van der Waals surface area (Å²) in [5, 5.41) is 0. The van der Waals surface area contributed by atoms with Gasteiger partial charge in [-0.1, -0.05) is 19.1 Å². The van der Waals surface area contributed by atoms with Gasteiger partial charge in [-0.05, 0) is 44.0 Å². The molecule has 0 radical (unpaired) electrons. The Hall–Kier alpha value is -1.02. The van der Waals surface area contributed by atoms with Gasteiger partial charge in [-0.2, -0.15) is 0 Å². The number of rotatable bonds is 4. The average molecular weight is 219 g/mol. The highest BCUT2D eigenvalue weighted by Crippen LogP contribution is 2.23. The molecule has 88 valence electrons. The molecule has 0 saturated carbocycles. The smallest absolute Gasteiger partial charge is 0.123 e. The van der Waals surface area contributed by atoms with E-state index < -0.39 is 0 Å². The molecule has 2 rings (SSSR count). The maximum absolute atomic E-state index is 5.47. The number of likely N-dealkylation sites (tertiary alicyclic amines) is 1. The van der Waals surface area contributed by atoms with Crippen molar-refractivity contribution in [2.45, 2.75) is 32.7 Å². The molecule has 0 atom stereocenters. The summed E-state index contributed by atoms with van der Waals surface area (Å²) in [6, 6.07) is 6.61. The largest absolute Gasteiger partial charge is 0.496 e. The number of aryl methyl sites for hydroxylation is 1. The lowest BCUT2D eigenvalue weighted by Crippen LogP contribution is -2.18. The lowest BCUT2D eigenvalue weighted by molar-refractivity contribution is 0.321. The van der Waals surface area contributed by atoms with E-state index in [2.05, 4.69) is 30.0 Å². The van der Waals surface area contributed by atoms with Crippen LogP contribution in [0.15, 0.2) is 18.2 Å². The summed E-state index contributed by atoms with van der Waals surface area (Å²) in [6.07, 6.45) is 3.76. The molecule has 2 nitrogen and oxygen atoms in total. The van der Waals surface area contributed by atoms with Crippen molar-refractivity contribution in [3.63, 3.8) is 0 Å². The van der Waals surface area contributed by atoms with Crippen molar-refractivity contribution in [1.82, 2.24) is 4.90 Å². The molecule has 0 N–H and O–H groups in total. The molecular formula is C14H21NO. The van der Waals surface area contributed by atoms with Crippen LogP contribution >= 0.6 is 0 Å². The monoisotopic (exact) mass is 219 g/mol. The van der Waals surface area contributed by atoms with Gasteiger partial charge in [0.1, 0.15) is 5.75 Å². The second kappa shape index (κ2) is 5.35. The Bertz CT molecular complexity index is 343. The van der Waals surface area contributed by atoms with E-state index >= 15 is 0 Å². The van der Waals surface area contributed by atoms with E-state index in [1.807, 2.05) is 0 Å². The Labute approximate surface area is 98.2 Å². The number of hydrogen-bond donors (Lipinski definition) is 0. The zero-order chi connectivity index (χ0) is 11.4. The first-order chi connectivity index (χ1) is 7.83. The summed E-state index contributed by atoms with van der Waals surface area (Å²) >= 11 is 0. The fourth-order valence-corrected chi connectivity index (χ4v) is 2.32. The van der Waals surface area contributed by atoms with E-state index in [-0.39, 0.29) is 0 Å². The number of hydrogen-bond acceptors (Lipinski definition) is 2. The van der Waals surface area contributed by atoms with E-state index in [0.29, 0.717) is 0 Å². The Balaban J connectivity index is 2.12. The molecular weight excluding hydrogens is 198 g/mol. The maximum Gasteiger partial charge on any atom is 0.123 e. The zero-order valence-corrected chi connectivity index (χ0v) is 10.3. The quantitative estimate of drug-likeness (QED) is 0.772. The molecule has 0 amide bonds. The summed E-state index contributed by atoms with van der Waals surface area (Å²) in [5.74, 6) is 1.05. The lowest BCUT2D eigenvalue weighted by Gasteiger charge is -2.17. The van der Waals surface area contributed by atoms with Gasteiger partial charge in [0.05, 0.1) is 7.11 Å². The molecule has 1 aliphatic heterocycles. The molecule has 0 spiro atoms. The van der Waals surface area contributed by atoms with Gasteiger partial charge in [0.15, 0.2) is 0 Å². The molecule has 1 heterocycles. The Morgan fingerprint density at radius 1 is 1.25 bits per heavy atom. The standard InChI is InChI=1S/C14H21NO/c1-3-12-6-7-13(14(10-12)16-2)11-15-8-4-5-9-15/h6-7,10H,3-5,8-9,11H2,1-2H3. The number of benzene rings is 1. The first-order valence-corrected chi connectivity index (χ1v) is 6.21. The molecule has 1 saturated heterocycles. The van der Waals surface area contributed by atoms with Crippen LogP contribution in [0.25, 0.3) is 0 Å². The van der Waals surface area contributed by atoms with Gasteiger partial charge in [-0.15, -0.1) is 0 Å². The highest BCUT2D eigenvalue weighted by Gasteiger charge is 2.14. The molecule has 1 aromatic carbocycles. The second-order valence-corrected chi connectivity index (χ2v) is 4.48. The van der Waals surface area contributed by atoms with Crippen LogP contribution < -0.4 is 4.74 Å². The van der Waals surface area contributed by atoms with Gasteiger partial charge in [0.25, 0.3) is 0 Å². The van der Waals surface area contributed by atoms with E-state index in [0.717, 1.165) is 18.7 Å². The third-order valence-corrected chi connectivity index (χ3v) is 3.35. The van der Waals surface area contributed by atoms with Crippen molar-refractivity contribution < 1.29 is 4.74 Å². The Morgan fingerprint density at radius 2 is 2.00 bits per heavy atom. The van der Waals surface area contributed by atoms with Gasteiger partial charge >= 0.3 is 0 Å². The topological polar surface area (TPSA) is 12.5 Å². The Morgan fingerprint density at radius 3 is 2.62 bits per heavy atom. The Kier molecular flexibility index (Phi) is 3.83. The predicted molar refractivity (Wildman–Crippen MR) is 66.9 cm³/mol. The van der Waals surface area contributed by atoms with Crippen molar-refractivity contribution in [3.05, 3.63) is 29.3 Å². The summed E-state index contributed by atoms with van der Waals surface area (Å²) < 4.78 is 5.47. The van der Waals surface area contributed by atoms with Crippen LogP contribution in [0.2, 0.25) is 0 Å². The highest BCUT2D eigenvalue weighted by atomic mass is 16.5. The van der Waals surface area contributed by atoms with E-state index in [9.17, 15) is 0 Å². The third-order valence-electron chi connectivity index (χ3n) is 3.35. The van der Waals surface area contributed by atoms with Crippen LogP contribution in [-0.4, -0.2) is 25.1 Å². The van der Waals surface area contributed by atoms with Crippen LogP contribution in [0.4, 0.5) is 0 Å². The van der Waals surface area contributed by atoms with Crippen LogP contribution in [0.5, 0.6) is 5.75 Å². The molecule has 0 aromatic heterocycles. The molecule has 0 aliphatic carbocycles. The van der Waals surface area contributed by atoms with Gasteiger partial charge in [-0.3, -0.25) is 4.90 Å². The van der Waals surface area contributed by atoms with E-state index in [1.165, 1.54) is 37.1 Å². The van der Waals surface area contributed by atoms with Crippen LogP contribution in [0, 0.1) is 0 Å². The number of nitrogens with zero attached hydrogens (tertiary/aromatic N) is 1. The minimum atomic E-state index is 1.03. The van der Waals surface area contributed by atoms with Gasteiger partial charge in [0.2, 0.25) is 0 Å². The normalized spacial score (nSPS) is 16.6. The minimum absolute atomic E-state index is 1.03. The first kappa shape index (κ1) is 11.5.